The van der Waals surface area contributed by atoms with Gasteiger partial charge in [-0.25, -0.2) is 18.1 Å². The fourth-order valence-corrected chi connectivity index (χ4v) is 5.06. The third kappa shape index (κ3) is 4.96. The molecule has 3 N–H and O–H groups in total. The quantitative estimate of drug-likeness (QED) is 0.362. The first kappa shape index (κ1) is 21.9. The predicted octanol–water partition coefficient (Wildman–Crippen LogP) is 2.84. The van der Waals surface area contributed by atoms with E-state index in [2.05, 4.69) is 20.0 Å². The van der Waals surface area contributed by atoms with Crippen LogP contribution in [0.25, 0.3) is 21.1 Å². The van der Waals surface area contributed by atoms with Gasteiger partial charge in [-0.15, -0.1) is 0 Å². The normalized spacial score (nSPS) is 11.7. The van der Waals surface area contributed by atoms with Gasteiger partial charge in [-0.1, -0.05) is 11.3 Å². The highest BCUT2D eigenvalue weighted by Crippen LogP contribution is 2.29. The molecule has 0 atom stereocenters. The Morgan fingerprint density at radius 2 is 2.00 bits per heavy atom. The van der Waals surface area contributed by atoms with E-state index in [4.69, 9.17) is 4.74 Å². The number of fused-ring (bicyclic) bond motifs is 2. The van der Waals surface area contributed by atoms with Gasteiger partial charge in [0.2, 0.25) is 21.5 Å². The topological polar surface area (TPSA) is 130 Å². The van der Waals surface area contributed by atoms with Gasteiger partial charge in [0.25, 0.3) is 0 Å². The number of sulfonamides is 1. The van der Waals surface area contributed by atoms with Crippen LogP contribution in [0.2, 0.25) is 0 Å². The molecule has 0 fully saturated rings. The van der Waals surface area contributed by atoms with E-state index in [-0.39, 0.29) is 29.3 Å². The fourth-order valence-electron chi connectivity index (χ4n) is 3.08. The molecule has 0 aliphatic rings. The molecule has 1 amide bonds. The van der Waals surface area contributed by atoms with Crippen molar-refractivity contribution in [3.05, 3.63) is 58.9 Å². The minimum atomic E-state index is -3.81. The Morgan fingerprint density at radius 1 is 1.16 bits per heavy atom. The van der Waals surface area contributed by atoms with Crippen LogP contribution in [-0.4, -0.2) is 37.4 Å². The van der Waals surface area contributed by atoms with E-state index in [1.165, 1.54) is 35.6 Å². The molecule has 2 aromatic carbocycles. The highest BCUT2D eigenvalue weighted by atomic mass is 32.2. The number of benzene rings is 2. The number of H-pyrrole nitrogens is 1. The molecule has 2 heterocycles. The molecule has 0 aliphatic carbocycles. The Balaban J connectivity index is 1.36. The van der Waals surface area contributed by atoms with Gasteiger partial charge in [-0.2, -0.15) is 0 Å². The number of thiazole rings is 1. The number of aromatic amines is 1. The molecule has 0 bridgehead atoms. The first-order chi connectivity index (χ1) is 15.3. The number of hydrogen-bond donors (Lipinski definition) is 3. The smallest absolute Gasteiger partial charge is 0.248 e. The van der Waals surface area contributed by atoms with Crippen LogP contribution in [-0.2, 0) is 14.8 Å². The largest absolute Gasteiger partial charge is 0.494 e. The summed E-state index contributed by atoms with van der Waals surface area (Å²) in [7, 11) is -3.81. The van der Waals surface area contributed by atoms with E-state index in [9.17, 15) is 18.0 Å². The number of nitrogens with zero attached hydrogens (tertiary/aromatic N) is 1. The Morgan fingerprint density at radius 3 is 2.81 bits per heavy atom. The molecule has 0 aliphatic heterocycles. The van der Waals surface area contributed by atoms with Gasteiger partial charge in [-0.05, 0) is 54.8 Å². The van der Waals surface area contributed by atoms with E-state index < -0.39 is 10.0 Å². The summed E-state index contributed by atoms with van der Waals surface area (Å²) in [5.41, 5.74) is 1.02. The lowest BCUT2D eigenvalue weighted by atomic mass is 10.2. The Bertz CT molecular complexity index is 1460. The Kier molecular flexibility index (Phi) is 6.21. The zero-order chi connectivity index (χ0) is 22.7. The van der Waals surface area contributed by atoms with Gasteiger partial charge in [0.1, 0.15) is 5.75 Å². The van der Waals surface area contributed by atoms with E-state index in [0.717, 1.165) is 16.0 Å². The van der Waals surface area contributed by atoms with Crippen molar-refractivity contribution < 1.29 is 17.9 Å². The van der Waals surface area contributed by atoms with E-state index in [1.807, 2.05) is 25.1 Å². The summed E-state index contributed by atoms with van der Waals surface area (Å²) in [6.45, 7) is 2.39. The van der Waals surface area contributed by atoms with Gasteiger partial charge in [-0.3, -0.25) is 9.59 Å². The molecule has 0 radical (unpaired) electrons. The Labute approximate surface area is 187 Å². The number of nitrogens with one attached hydrogen (secondary N) is 3. The van der Waals surface area contributed by atoms with Crippen LogP contribution < -0.4 is 20.3 Å². The summed E-state index contributed by atoms with van der Waals surface area (Å²) in [4.78, 5) is 30.7. The second-order valence-electron chi connectivity index (χ2n) is 6.85. The minimum Gasteiger partial charge on any atom is -0.494 e. The zero-order valence-electron chi connectivity index (χ0n) is 17.0. The first-order valence-corrected chi connectivity index (χ1v) is 12.1. The lowest BCUT2D eigenvalue weighted by Crippen LogP contribution is -2.27. The summed E-state index contributed by atoms with van der Waals surface area (Å²) >= 11 is 1.32. The van der Waals surface area contributed by atoms with Crippen LogP contribution in [0.5, 0.6) is 5.75 Å². The third-order valence-corrected chi connectivity index (χ3v) is 6.96. The number of carbonyl (C=O) groups is 1. The monoisotopic (exact) mass is 472 g/mol. The van der Waals surface area contributed by atoms with Crippen molar-refractivity contribution in [1.82, 2.24) is 14.7 Å². The van der Waals surface area contributed by atoms with E-state index in [0.29, 0.717) is 22.6 Å². The molecule has 32 heavy (non-hydrogen) atoms. The average molecular weight is 473 g/mol. The second kappa shape index (κ2) is 9.07. The van der Waals surface area contributed by atoms with Crippen LogP contribution in [0, 0.1) is 0 Å². The number of hydrogen-bond acceptors (Lipinski definition) is 7. The molecule has 0 unspecified atom stereocenters. The number of carbonyl (C=O) groups excluding carboxylic acids is 1. The number of amides is 1. The fraction of sp³-hybridized carbons (Fsp3) is 0.190. The number of ether oxygens (including phenoxy) is 1. The lowest BCUT2D eigenvalue weighted by Gasteiger charge is -2.07. The third-order valence-electron chi connectivity index (χ3n) is 4.57. The van der Waals surface area contributed by atoms with Crippen molar-refractivity contribution in [3.8, 4) is 5.75 Å². The van der Waals surface area contributed by atoms with Crippen molar-refractivity contribution >= 4 is 53.5 Å². The number of aromatic nitrogens is 2. The number of anilines is 1. The van der Waals surface area contributed by atoms with Crippen LogP contribution in [0.3, 0.4) is 0 Å². The van der Waals surface area contributed by atoms with Gasteiger partial charge in [0, 0.05) is 24.5 Å². The van der Waals surface area contributed by atoms with Gasteiger partial charge >= 0.3 is 0 Å². The van der Waals surface area contributed by atoms with E-state index >= 15 is 0 Å². The predicted molar refractivity (Wildman–Crippen MR) is 124 cm³/mol. The maximum absolute atomic E-state index is 12.5. The molecule has 2 aromatic heterocycles. The molecular formula is C21H20N4O5S2. The zero-order valence-corrected chi connectivity index (χ0v) is 18.7. The SMILES string of the molecule is CCOc1ccc2nc(NC(=O)CCNS(=O)(=O)c3ccc4[nH]c(=O)ccc4c3)sc2c1. The lowest BCUT2D eigenvalue weighted by molar-refractivity contribution is -0.116. The molecule has 11 heteroatoms. The first-order valence-electron chi connectivity index (χ1n) is 9.80. The van der Waals surface area contributed by atoms with Crippen molar-refractivity contribution in [2.75, 3.05) is 18.5 Å². The van der Waals surface area contributed by atoms with Crippen LogP contribution in [0.1, 0.15) is 13.3 Å². The van der Waals surface area contributed by atoms with Crippen LogP contribution in [0.15, 0.2) is 58.2 Å². The van der Waals surface area contributed by atoms with Crippen molar-refractivity contribution in [2.24, 2.45) is 0 Å². The molecule has 0 saturated carbocycles. The van der Waals surface area contributed by atoms with Gasteiger partial charge in [0.05, 0.1) is 21.7 Å². The standard InChI is InChI=1S/C21H20N4O5S2/c1-2-30-14-4-6-17-18(12-14)31-21(24-17)25-20(27)9-10-22-32(28,29)15-5-7-16-13(11-15)3-8-19(26)23-16/h3-8,11-12,22H,2,9-10H2,1H3,(H,23,26)(H,24,25,27). The van der Waals surface area contributed by atoms with Gasteiger partial charge in [0.15, 0.2) is 5.13 Å². The summed E-state index contributed by atoms with van der Waals surface area (Å²) < 4.78 is 33.9. The minimum absolute atomic E-state index is 0.0498. The molecule has 0 saturated heterocycles. The average Bonchev–Trinajstić information content (AvgIpc) is 3.14. The number of rotatable bonds is 8. The summed E-state index contributed by atoms with van der Waals surface area (Å²) in [5.74, 6) is 0.379. The summed E-state index contributed by atoms with van der Waals surface area (Å²) in [6, 6.07) is 12.8. The maximum atomic E-state index is 12.5. The second-order valence-corrected chi connectivity index (χ2v) is 9.65. The molecule has 4 rings (SSSR count). The molecule has 0 spiro atoms. The molecule has 9 nitrogen and oxygen atoms in total. The van der Waals surface area contributed by atoms with Crippen molar-refractivity contribution in [3.63, 3.8) is 0 Å². The molecule has 166 valence electrons. The van der Waals surface area contributed by atoms with Crippen molar-refractivity contribution in [2.45, 2.75) is 18.2 Å². The van der Waals surface area contributed by atoms with Gasteiger partial charge < -0.3 is 15.0 Å². The summed E-state index contributed by atoms with van der Waals surface area (Å²) in [6.07, 6.45) is -0.0553. The van der Waals surface area contributed by atoms with E-state index in [1.54, 1.807) is 6.07 Å². The van der Waals surface area contributed by atoms with Crippen LogP contribution >= 0.6 is 11.3 Å². The molecule has 4 aromatic rings. The van der Waals surface area contributed by atoms with Crippen LogP contribution in [0.4, 0.5) is 5.13 Å². The van der Waals surface area contributed by atoms with Crippen molar-refractivity contribution in [1.29, 1.82) is 0 Å². The number of pyridine rings is 1. The molecular weight excluding hydrogens is 452 g/mol. The highest BCUT2D eigenvalue weighted by molar-refractivity contribution is 7.89. The highest BCUT2D eigenvalue weighted by Gasteiger charge is 2.16. The Hall–Kier alpha value is -3.28. The summed E-state index contributed by atoms with van der Waals surface area (Å²) in [5, 5.41) is 3.72. The maximum Gasteiger partial charge on any atom is 0.248 e.